The molecule has 0 rings (SSSR count). The van der Waals surface area contributed by atoms with Gasteiger partial charge in [-0.05, 0) is 0 Å². The van der Waals surface area contributed by atoms with Gasteiger partial charge in [0.05, 0.1) is 13.2 Å². The molecule has 0 aromatic heterocycles. The topological polar surface area (TPSA) is 36.9 Å². The summed E-state index contributed by atoms with van der Waals surface area (Å²) in [6, 6.07) is 0. The van der Waals surface area contributed by atoms with Crippen LogP contribution in [0.25, 0.3) is 0 Å². The summed E-state index contributed by atoms with van der Waals surface area (Å²) < 4.78 is 19.8. The van der Waals surface area contributed by atoms with Crippen molar-refractivity contribution in [1.29, 1.82) is 0 Å². The van der Waals surface area contributed by atoms with Crippen LogP contribution in [-0.2, 0) is 17.1 Å². The van der Waals surface area contributed by atoms with Gasteiger partial charge in [0.25, 0.3) is 0 Å². The molecular formula is C6H15AlLiO4. The summed E-state index contributed by atoms with van der Waals surface area (Å²) >= 11 is -0.349. The Morgan fingerprint density at radius 3 is 1.67 bits per heavy atom. The second-order valence-corrected chi connectivity index (χ2v) is 2.68. The van der Waals surface area contributed by atoms with Crippen molar-refractivity contribution >= 4 is 15.9 Å². The third-order valence-electron chi connectivity index (χ3n) is 0.947. The van der Waals surface area contributed by atoms with Crippen molar-refractivity contribution in [2.45, 2.75) is 0 Å². The van der Waals surface area contributed by atoms with E-state index in [2.05, 4.69) is 0 Å². The normalized spacial score (nSPS) is 9.17. The van der Waals surface area contributed by atoms with E-state index in [-0.39, 0.29) is 36.2 Å². The van der Waals surface area contributed by atoms with Crippen LogP contribution in [0, 0.1) is 0 Å². The summed E-state index contributed by atoms with van der Waals surface area (Å²) in [6.45, 7) is 2.47. The maximum absolute atomic E-state index is 5.10. The van der Waals surface area contributed by atoms with Crippen LogP contribution in [0.2, 0.25) is 0 Å². The maximum Gasteiger partial charge on any atom is 1.00 e. The molecular weight excluding hydrogens is 170 g/mol. The van der Waals surface area contributed by atoms with Crippen LogP contribution in [0.15, 0.2) is 0 Å². The number of rotatable bonds is 8. The van der Waals surface area contributed by atoms with Gasteiger partial charge in [-0.2, -0.15) is 0 Å². The minimum atomic E-state index is -0.349. The Morgan fingerprint density at radius 2 is 1.33 bits per heavy atom. The maximum atomic E-state index is 5.10. The monoisotopic (exact) mass is 185 g/mol. The van der Waals surface area contributed by atoms with Gasteiger partial charge in [-0.15, -0.1) is 0 Å². The third kappa shape index (κ3) is 13.6. The Morgan fingerprint density at radius 1 is 0.917 bits per heavy atom. The summed E-state index contributed by atoms with van der Waals surface area (Å²) in [5.74, 6) is 0. The van der Waals surface area contributed by atoms with E-state index in [0.717, 1.165) is 0 Å². The van der Waals surface area contributed by atoms with Gasteiger partial charge < -0.3 is 18.5 Å². The van der Waals surface area contributed by atoms with Crippen molar-refractivity contribution < 1.29 is 37.3 Å². The molecule has 0 aromatic carbocycles. The fourth-order valence-corrected chi connectivity index (χ4v) is 0.888. The minimum absolute atomic E-state index is 0. The van der Waals surface area contributed by atoms with Crippen LogP contribution in [0.1, 0.15) is 1.43 Å². The largest absolute Gasteiger partial charge is 1.00 e. The van der Waals surface area contributed by atoms with E-state index in [1.165, 1.54) is 0 Å². The second kappa shape index (κ2) is 14.5. The minimum Gasteiger partial charge on any atom is -1.00 e. The molecule has 0 atom stereocenters. The van der Waals surface area contributed by atoms with Crippen molar-refractivity contribution in [3.05, 3.63) is 0 Å². The van der Waals surface area contributed by atoms with Gasteiger partial charge in [0, 0.05) is 27.4 Å². The quantitative estimate of drug-likeness (QED) is 0.297. The Kier molecular flexibility index (Phi) is 18.6. The third-order valence-corrected chi connectivity index (χ3v) is 1.69. The molecule has 12 heavy (non-hydrogen) atoms. The first-order valence-corrected chi connectivity index (χ1v) is 4.39. The van der Waals surface area contributed by atoms with Crippen LogP contribution in [0.5, 0.6) is 0 Å². The molecule has 0 aromatic rings. The molecule has 0 bridgehead atoms. The molecule has 0 amide bonds. The average Bonchev–Trinajstić information content (AvgIpc) is 2.03. The zero-order valence-electron chi connectivity index (χ0n) is 9.04. The predicted molar refractivity (Wildman–Crippen MR) is 42.5 cm³/mol. The molecule has 0 aliphatic rings. The summed E-state index contributed by atoms with van der Waals surface area (Å²) in [6.07, 6.45) is 0. The average molecular weight is 185 g/mol. The van der Waals surface area contributed by atoms with Crippen LogP contribution in [-0.4, -0.2) is 56.5 Å². The number of methoxy groups -OCH3 is 2. The van der Waals surface area contributed by atoms with E-state index >= 15 is 0 Å². The molecule has 0 saturated carbocycles. The van der Waals surface area contributed by atoms with E-state index in [4.69, 9.17) is 17.1 Å². The van der Waals surface area contributed by atoms with Crippen molar-refractivity contribution in [3.63, 3.8) is 0 Å². The van der Waals surface area contributed by atoms with Crippen molar-refractivity contribution in [2.24, 2.45) is 0 Å². The zero-order valence-corrected chi connectivity index (χ0v) is 9.19. The van der Waals surface area contributed by atoms with Gasteiger partial charge >= 0.3 is 34.7 Å². The van der Waals surface area contributed by atoms with Crippen molar-refractivity contribution in [1.82, 2.24) is 0 Å². The van der Waals surface area contributed by atoms with Crippen LogP contribution in [0.4, 0.5) is 0 Å². The van der Waals surface area contributed by atoms with Crippen molar-refractivity contribution in [2.75, 3.05) is 40.6 Å². The number of hydrogen-bond donors (Lipinski definition) is 0. The molecule has 67 valence electrons. The Labute approximate surface area is 93.9 Å². The van der Waals surface area contributed by atoms with E-state index in [1.54, 1.807) is 14.2 Å². The summed E-state index contributed by atoms with van der Waals surface area (Å²) in [5.41, 5.74) is 0. The molecule has 0 saturated heterocycles. The number of ether oxygens (including phenoxy) is 2. The van der Waals surface area contributed by atoms with E-state index < -0.39 is 0 Å². The Bertz CT molecular complexity index is 73.7. The number of hydrogen-bond acceptors (Lipinski definition) is 4. The molecule has 0 aliphatic carbocycles. The molecule has 0 fully saturated rings. The Balaban J connectivity index is -0.000000500. The molecule has 0 N–H and O–H groups in total. The Hall–Kier alpha value is 0.970. The molecule has 0 aliphatic heterocycles. The molecule has 4 nitrogen and oxygen atoms in total. The van der Waals surface area contributed by atoms with Gasteiger partial charge in [0.15, 0.2) is 0 Å². The fraction of sp³-hybridized carbons (Fsp3) is 1.00. The zero-order chi connectivity index (χ0) is 8.36. The van der Waals surface area contributed by atoms with Gasteiger partial charge in [-0.25, -0.2) is 0 Å². The summed E-state index contributed by atoms with van der Waals surface area (Å²) in [4.78, 5) is 0. The van der Waals surface area contributed by atoms with Crippen LogP contribution in [0.3, 0.4) is 0 Å². The summed E-state index contributed by atoms with van der Waals surface area (Å²) in [7, 11) is 3.29. The van der Waals surface area contributed by atoms with Crippen LogP contribution < -0.4 is 18.9 Å². The SMILES string of the molecule is COCC[O][Al][O]CCOC.[H-].[Li+]. The molecule has 0 spiro atoms. The molecule has 1 radical (unpaired) electrons. The van der Waals surface area contributed by atoms with E-state index in [1.807, 2.05) is 0 Å². The first-order valence-electron chi connectivity index (χ1n) is 3.44. The molecule has 0 unspecified atom stereocenters. The smallest absolute Gasteiger partial charge is 1.00 e. The van der Waals surface area contributed by atoms with Gasteiger partial charge in [0.1, 0.15) is 0 Å². The fourth-order valence-electron chi connectivity index (χ4n) is 0.407. The first kappa shape index (κ1) is 15.4. The van der Waals surface area contributed by atoms with Crippen LogP contribution >= 0.6 is 0 Å². The summed E-state index contributed by atoms with van der Waals surface area (Å²) in [5, 5.41) is 0. The van der Waals surface area contributed by atoms with E-state index in [9.17, 15) is 0 Å². The second-order valence-electron chi connectivity index (χ2n) is 1.82. The molecule has 0 heterocycles. The molecule has 6 heteroatoms. The first-order chi connectivity index (χ1) is 5.41. The van der Waals surface area contributed by atoms with Crippen molar-refractivity contribution in [3.8, 4) is 0 Å². The van der Waals surface area contributed by atoms with Gasteiger partial charge in [0.2, 0.25) is 0 Å². The predicted octanol–water partition coefficient (Wildman–Crippen LogP) is -3.04. The van der Waals surface area contributed by atoms with Gasteiger partial charge in [-0.3, -0.25) is 0 Å². The van der Waals surface area contributed by atoms with E-state index in [0.29, 0.717) is 26.4 Å². The standard InChI is InChI=1S/2C3H7O2.Al.Li.H/c2*1-5-3-2-4;;;/h2*2-3H2,1H3;;;/q2*-1;+2;+1;-1. The van der Waals surface area contributed by atoms with Gasteiger partial charge in [-0.1, -0.05) is 0 Å².